The Morgan fingerprint density at radius 3 is 2.50 bits per heavy atom. The van der Waals surface area contributed by atoms with E-state index in [-0.39, 0.29) is 5.75 Å². The largest absolute Gasteiger partial charge is 0.508 e. The van der Waals surface area contributed by atoms with Crippen LogP contribution in [0, 0.1) is 0 Å². The Labute approximate surface area is 107 Å². The lowest BCUT2D eigenvalue weighted by Gasteiger charge is -1.94. The van der Waals surface area contributed by atoms with Crippen molar-refractivity contribution in [3.8, 4) is 5.75 Å². The molecule has 0 bridgehead atoms. The van der Waals surface area contributed by atoms with Crippen LogP contribution in [0.2, 0.25) is 0 Å². The van der Waals surface area contributed by atoms with Crippen LogP contribution < -0.4 is 0 Å². The normalized spacial score (nSPS) is 11.3. The topological polar surface area (TPSA) is 57.8 Å². The quantitative estimate of drug-likeness (QED) is 0.689. The van der Waals surface area contributed by atoms with Crippen molar-refractivity contribution in [2.45, 2.75) is 0 Å². The first kappa shape index (κ1) is 10.9. The molecule has 1 heterocycles. The highest BCUT2D eigenvalue weighted by atomic mass is 32.1. The lowest BCUT2D eigenvalue weighted by Crippen LogP contribution is -1.68. The highest BCUT2D eigenvalue weighted by Crippen LogP contribution is 2.25. The number of azo groups is 1. The van der Waals surface area contributed by atoms with Gasteiger partial charge in [-0.3, -0.25) is 0 Å². The molecule has 0 saturated carbocycles. The Morgan fingerprint density at radius 1 is 0.944 bits per heavy atom. The van der Waals surface area contributed by atoms with Crippen molar-refractivity contribution in [2.75, 3.05) is 0 Å². The summed E-state index contributed by atoms with van der Waals surface area (Å²) in [5, 5.41) is 17.4. The molecular weight excluding hydrogens is 246 g/mol. The third-order valence-corrected chi connectivity index (χ3v) is 3.25. The summed E-state index contributed by atoms with van der Waals surface area (Å²) in [6, 6.07) is 12.4. The predicted octanol–water partition coefficient (Wildman–Crippen LogP) is 4.42. The summed E-state index contributed by atoms with van der Waals surface area (Å²) in [7, 11) is 0. The summed E-state index contributed by atoms with van der Waals surface area (Å²) in [5.74, 6) is 0.220. The fraction of sp³-hybridized carbons (Fsp3) is 0. The minimum atomic E-state index is 0.220. The van der Waals surface area contributed by atoms with E-state index in [1.165, 1.54) is 0 Å². The van der Waals surface area contributed by atoms with Gasteiger partial charge in [0.1, 0.15) is 5.75 Å². The molecule has 0 unspecified atom stereocenters. The van der Waals surface area contributed by atoms with E-state index in [4.69, 9.17) is 5.11 Å². The zero-order chi connectivity index (χ0) is 12.4. The molecule has 4 nitrogen and oxygen atoms in total. The number of aromatic nitrogens is 1. The number of aromatic hydroxyl groups is 1. The molecule has 88 valence electrons. The number of hydrogen-bond donors (Lipinski definition) is 1. The SMILES string of the molecule is Oc1ccc(N=Nc2ccc3scnc3c2)cc1. The van der Waals surface area contributed by atoms with E-state index in [2.05, 4.69) is 15.2 Å². The van der Waals surface area contributed by atoms with Crippen LogP contribution in [0.4, 0.5) is 11.4 Å². The van der Waals surface area contributed by atoms with E-state index in [9.17, 15) is 0 Å². The van der Waals surface area contributed by atoms with Crippen molar-refractivity contribution in [3.05, 3.63) is 48.0 Å². The van der Waals surface area contributed by atoms with Crippen molar-refractivity contribution in [2.24, 2.45) is 10.2 Å². The summed E-state index contributed by atoms with van der Waals surface area (Å²) in [6.45, 7) is 0. The molecule has 0 fully saturated rings. The van der Waals surface area contributed by atoms with Crippen LogP contribution in [0.5, 0.6) is 5.75 Å². The fourth-order valence-electron chi connectivity index (χ4n) is 1.54. The molecule has 0 amide bonds. The minimum absolute atomic E-state index is 0.220. The number of phenols is 1. The summed E-state index contributed by atoms with van der Waals surface area (Å²) < 4.78 is 1.14. The second-order valence-electron chi connectivity index (χ2n) is 3.72. The van der Waals surface area contributed by atoms with Crippen LogP contribution in [-0.4, -0.2) is 10.1 Å². The molecule has 2 aromatic carbocycles. The van der Waals surface area contributed by atoms with Crippen molar-refractivity contribution >= 4 is 32.9 Å². The van der Waals surface area contributed by atoms with E-state index >= 15 is 0 Å². The second kappa shape index (κ2) is 4.54. The van der Waals surface area contributed by atoms with Crippen molar-refractivity contribution in [1.29, 1.82) is 0 Å². The van der Waals surface area contributed by atoms with Gasteiger partial charge in [-0.2, -0.15) is 10.2 Å². The number of rotatable bonds is 2. The molecular formula is C13H9N3OS. The maximum absolute atomic E-state index is 9.16. The lowest BCUT2D eigenvalue weighted by molar-refractivity contribution is 0.475. The average Bonchev–Trinajstić information content (AvgIpc) is 2.85. The maximum Gasteiger partial charge on any atom is 0.115 e. The molecule has 18 heavy (non-hydrogen) atoms. The first-order valence-electron chi connectivity index (χ1n) is 5.35. The zero-order valence-corrected chi connectivity index (χ0v) is 10.1. The van der Waals surface area contributed by atoms with Crippen LogP contribution in [0.3, 0.4) is 0 Å². The summed E-state index contributed by atoms with van der Waals surface area (Å²) in [4.78, 5) is 4.23. The highest BCUT2D eigenvalue weighted by Gasteiger charge is 1.97. The van der Waals surface area contributed by atoms with Gasteiger partial charge >= 0.3 is 0 Å². The summed E-state index contributed by atoms with van der Waals surface area (Å²) in [6.07, 6.45) is 0. The van der Waals surface area contributed by atoms with Gasteiger partial charge in [-0.05, 0) is 42.5 Å². The molecule has 0 spiro atoms. The van der Waals surface area contributed by atoms with Crippen molar-refractivity contribution in [1.82, 2.24) is 4.98 Å². The second-order valence-corrected chi connectivity index (χ2v) is 4.61. The highest BCUT2D eigenvalue weighted by molar-refractivity contribution is 7.16. The molecule has 1 aromatic heterocycles. The molecule has 3 aromatic rings. The third-order valence-electron chi connectivity index (χ3n) is 2.44. The number of nitrogens with zero attached hydrogens (tertiary/aromatic N) is 3. The summed E-state index contributed by atoms with van der Waals surface area (Å²) in [5.41, 5.74) is 4.21. The number of fused-ring (bicyclic) bond motifs is 1. The van der Waals surface area contributed by atoms with Crippen LogP contribution in [0.1, 0.15) is 0 Å². The summed E-state index contributed by atoms with van der Waals surface area (Å²) >= 11 is 1.60. The van der Waals surface area contributed by atoms with Gasteiger partial charge in [0.2, 0.25) is 0 Å². The Morgan fingerprint density at radius 2 is 1.67 bits per heavy atom. The van der Waals surface area contributed by atoms with Crippen LogP contribution >= 0.6 is 11.3 Å². The fourth-order valence-corrected chi connectivity index (χ4v) is 2.20. The monoisotopic (exact) mass is 255 g/mol. The Kier molecular flexibility index (Phi) is 2.74. The van der Waals surface area contributed by atoms with Gasteiger partial charge in [0.15, 0.2) is 0 Å². The smallest absolute Gasteiger partial charge is 0.115 e. The van der Waals surface area contributed by atoms with Crippen LogP contribution in [0.25, 0.3) is 10.2 Å². The van der Waals surface area contributed by atoms with Gasteiger partial charge in [0, 0.05) is 0 Å². The first-order valence-corrected chi connectivity index (χ1v) is 6.23. The minimum Gasteiger partial charge on any atom is -0.508 e. The molecule has 1 N–H and O–H groups in total. The molecule has 0 radical (unpaired) electrons. The van der Waals surface area contributed by atoms with E-state index in [1.54, 1.807) is 35.6 Å². The standard InChI is InChI=1S/C13H9N3OS/c17-11-4-1-9(2-5-11)15-16-10-3-6-13-12(7-10)14-8-18-13/h1-8,17H. The van der Waals surface area contributed by atoms with Gasteiger partial charge < -0.3 is 5.11 Å². The predicted molar refractivity (Wildman–Crippen MR) is 71.9 cm³/mol. The van der Waals surface area contributed by atoms with Gasteiger partial charge in [0.25, 0.3) is 0 Å². The lowest BCUT2D eigenvalue weighted by atomic mass is 10.3. The maximum atomic E-state index is 9.16. The van der Waals surface area contributed by atoms with Gasteiger partial charge in [-0.15, -0.1) is 11.3 Å². The number of hydrogen-bond acceptors (Lipinski definition) is 5. The third kappa shape index (κ3) is 2.21. The van der Waals surface area contributed by atoms with Crippen LogP contribution in [0.15, 0.2) is 58.2 Å². The van der Waals surface area contributed by atoms with E-state index in [0.717, 1.165) is 15.9 Å². The molecule has 0 aliphatic rings. The zero-order valence-electron chi connectivity index (χ0n) is 9.32. The van der Waals surface area contributed by atoms with Gasteiger partial charge in [-0.1, -0.05) is 0 Å². The van der Waals surface area contributed by atoms with Crippen molar-refractivity contribution < 1.29 is 5.11 Å². The Balaban J connectivity index is 1.88. The number of phenolic OH excluding ortho intramolecular Hbond substituents is 1. The molecule has 5 heteroatoms. The first-order chi connectivity index (χ1) is 8.81. The van der Waals surface area contributed by atoms with Crippen molar-refractivity contribution in [3.63, 3.8) is 0 Å². The van der Waals surface area contributed by atoms with Crippen LogP contribution in [-0.2, 0) is 0 Å². The Bertz CT molecular complexity index is 704. The van der Waals surface area contributed by atoms with E-state index in [1.807, 2.05) is 23.7 Å². The van der Waals surface area contributed by atoms with Gasteiger partial charge in [-0.25, -0.2) is 4.98 Å². The number of benzene rings is 2. The van der Waals surface area contributed by atoms with E-state index in [0.29, 0.717) is 5.69 Å². The molecule has 0 aliphatic heterocycles. The molecule has 0 atom stereocenters. The Hall–Kier alpha value is -2.27. The average molecular weight is 255 g/mol. The number of thiazole rings is 1. The van der Waals surface area contributed by atoms with E-state index < -0.39 is 0 Å². The molecule has 3 rings (SSSR count). The molecule has 0 saturated heterocycles. The molecule has 0 aliphatic carbocycles. The van der Waals surface area contributed by atoms with Gasteiger partial charge in [0.05, 0.1) is 27.1 Å².